The molecule has 7 heteroatoms. The zero-order chi connectivity index (χ0) is 18.7. The molecule has 1 aliphatic rings. The Morgan fingerprint density at radius 1 is 1.12 bits per heavy atom. The van der Waals surface area contributed by atoms with Gasteiger partial charge in [-0.2, -0.15) is 0 Å². The van der Waals surface area contributed by atoms with Crippen LogP contribution >= 0.6 is 0 Å². The highest BCUT2D eigenvalue weighted by Crippen LogP contribution is 2.18. The minimum Gasteiger partial charge on any atom is -0.352 e. The van der Waals surface area contributed by atoms with Crippen LogP contribution in [-0.2, 0) is 25.2 Å². The summed E-state index contributed by atoms with van der Waals surface area (Å²) in [5, 5.41) is 5.74. The van der Waals surface area contributed by atoms with Crippen LogP contribution in [0.5, 0.6) is 0 Å². The maximum Gasteiger partial charge on any atom is 0.242 e. The lowest BCUT2D eigenvalue weighted by Gasteiger charge is -2.21. The van der Waals surface area contributed by atoms with Gasteiger partial charge < -0.3 is 10.6 Å². The minimum atomic E-state index is -1.23. The van der Waals surface area contributed by atoms with Gasteiger partial charge in [-0.3, -0.25) is 18.6 Å². The fourth-order valence-electron chi connectivity index (χ4n) is 3.09. The molecule has 1 aliphatic carbocycles. The van der Waals surface area contributed by atoms with Crippen molar-refractivity contribution in [1.82, 2.24) is 10.6 Å². The normalized spacial score (nSPS) is 17.0. The van der Waals surface area contributed by atoms with Crippen LogP contribution in [0.15, 0.2) is 0 Å². The van der Waals surface area contributed by atoms with E-state index in [0.717, 1.165) is 44.9 Å². The largest absolute Gasteiger partial charge is 0.352 e. The Morgan fingerprint density at radius 3 is 2.40 bits per heavy atom. The molecule has 1 saturated carbocycles. The number of Topliss-reactive ketones (excluding diaryl/α,β-unsaturated/α-hetero) is 1. The number of nitrogens with one attached hydrogen (secondary N) is 2. The molecule has 1 rings (SSSR count). The van der Waals surface area contributed by atoms with Gasteiger partial charge >= 0.3 is 0 Å². The quantitative estimate of drug-likeness (QED) is 0.511. The van der Waals surface area contributed by atoms with Crippen LogP contribution in [0.4, 0.5) is 0 Å². The fraction of sp³-hybridized carbons (Fsp3) is 0.833. The molecule has 0 heterocycles. The molecule has 25 heavy (non-hydrogen) atoms. The summed E-state index contributed by atoms with van der Waals surface area (Å²) in [5.41, 5.74) is 0. The van der Waals surface area contributed by atoms with E-state index < -0.39 is 16.8 Å². The third-order valence-electron chi connectivity index (χ3n) is 4.53. The summed E-state index contributed by atoms with van der Waals surface area (Å²) in [6.45, 7) is 1.86. The molecule has 1 fully saturated rings. The summed E-state index contributed by atoms with van der Waals surface area (Å²) in [6.07, 6.45) is 9.84. The molecule has 0 saturated heterocycles. The molecule has 2 atom stereocenters. The van der Waals surface area contributed by atoms with Crippen molar-refractivity contribution in [3.8, 4) is 0 Å². The van der Waals surface area contributed by atoms with Crippen molar-refractivity contribution < 1.29 is 18.6 Å². The smallest absolute Gasteiger partial charge is 0.242 e. The Morgan fingerprint density at radius 2 is 1.80 bits per heavy atom. The van der Waals surface area contributed by atoms with Gasteiger partial charge in [-0.25, -0.2) is 0 Å². The van der Waals surface area contributed by atoms with Gasteiger partial charge in [-0.05, 0) is 25.7 Å². The van der Waals surface area contributed by atoms with Gasteiger partial charge in [0.25, 0.3) is 0 Å². The van der Waals surface area contributed by atoms with Crippen molar-refractivity contribution in [2.45, 2.75) is 83.2 Å². The Kier molecular flexibility index (Phi) is 10.6. The first kappa shape index (κ1) is 21.8. The average molecular weight is 373 g/mol. The second kappa shape index (κ2) is 12.2. The van der Waals surface area contributed by atoms with E-state index in [2.05, 4.69) is 10.6 Å². The zero-order valence-electron chi connectivity index (χ0n) is 15.5. The summed E-state index contributed by atoms with van der Waals surface area (Å²) >= 11 is 0. The number of rotatable bonds is 12. The average Bonchev–Trinajstić information content (AvgIpc) is 3.05. The number of hydrogen-bond donors (Lipinski definition) is 2. The minimum absolute atomic E-state index is 0.0851. The molecular weight excluding hydrogens is 340 g/mol. The van der Waals surface area contributed by atoms with Gasteiger partial charge in [0.15, 0.2) is 0 Å². The highest BCUT2D eigenvalue weighted by Gasteiger charge is 2.24. The van der Waals surface area contributed by atoms with Crippen LogP contribution in [0.25, 0.3) is 0 Å². The van der Waals surface area contributed by atoms with Crippen molar-refractivity contribution in [2.75, 3.05) is 12.0 Å². The molecule has 0 aliphatic heterocycles. The van der Waals surface area contributed by atoms with Crippen LogP contribution in [0, 0.1) is 0 Å². The summed E-state index contributed by atoms with van der Waals surface area (Å²) in [6, 6.07) is -0.382. The van der Waals surface area contributed by atoms with Gasteiger partial charge in [-0.15, -0.1) is 0 Å². The van der Waals surface area contributed by atoms with Gasteiger partial charge in [0, 0.05) is 35.9 Å². The number of hydrogen-bond acceptors (Lipinski definition) is 4. The topological polar surface area (TPSA) is 92.3 Å². The molecule has 0 bridgehead atoms. The molecule has 0 aromatic heterocycles. The highest BCUT2D eigenvalue weighted by molar-refractivity contribution is 7.85. The first-order valence-corrected chi connectivity index (χ1v) is 11.1. The Balaban J connectivity index is 2.45. The molecular formula is C18H32N2O4S. The summed E-state index contributed by atoms with van der Waals surface area (Å²) in [4.78, 5) is 35.7. The monoisotopic (exact) mass is 372 g/mol. The van der Waals surface area contributed by atoms with Crippen molar-refractivity contribution in [3.63, 3.8) is 0 Å². The molecule has 2 N–H and O–H groups in total. The first-order valence-electron chi connectivity index (χ1n) is 9.33. The van der Waals surface area contributed by atoms with Crippen LogP contribution in [0.3, 0.4) is 0 Å². The van der Waals surface area contributed by atoms with E-state index in [0.29, 0.717) is 19.3 Å². The van der Waals surface area contributed by atoms with E-state index in [1.54, 1.807) is 0 Å². The van der Waals surface area contributed by atoms with Crippen LogP contribution in [-0.4, -0.2) is 45.9 Å². The molecule has 0 aromatic carbocycles. The number of carbonyl (C=O) groups excluding carboxylic acids is 3. The molecule has 6 nitrogen and oxygen atoms in total. The van der Waals surface area contributed by atoms with Crippen LogP contribution < -0.4 is 10.6 Å². The predicted octanol–water partition coefficient (Wildman–Crippen LogP) is 1.84. The second-order valence-corrected chi connectivity index (χ2v) is 8.25. The predicted molar refractivity (Wildman–Crippen MR) is 99.6 cm³/mol. The van der Waals surface area contributed by atoms with E-state index in [9.17, 15) is 18.6 Å². The zero-order valence-corrected chi connectivity index (χ0v) is 16.3. The highest BCUT2D eigenvalue weighted by atomic mass is 32.2. The Labute approximate surface area is 153 Å². The fourth-order valence-corrected chi connectivity index (χ4v) is 3.54. The summed E-state index contributed by atoms with van der Waals surface area (Å²) in [5.74, 6) is -0.326. The van der Waals surface area contributed by atoms with Gasteiger partial charge in [0.1, 0.15) is 17.6 Å². The molecule has 0 spiro atoms. The molecule has 0 aromatic rings. The van der Waals surface area contributed by atoms with E-state index in [1.807, 2.05) is 6.92 Å². The third-order valence-corrected chi connectivity index (χ3v) is 5.20. The van der Waals surface area contributed by atoms with Gasteiger partial charge in [0.05, 0.1) is 0 Å². The van der Waals surface area contributed by atoms with Crippen molar-refractivity contribution in [1.29, 1.82) is 0 Å². The Hall–Kier alpha value is -1.24. The summed E-state index contributed by atoms with van der Waals surface area (Å²) < 4.78 is 11.2. The number of amides is 2. The SMILES string of the molecule is CCC(=O)CCCCC[C@H](NC(=O)CS(C)=O)C(=O)NC1CCCC1. The van der Waals surface area contributed by atoms with Crippen molar-refractivity contribution in [3.05, 3.63) is 0 Å². The third kappa shape index (κ3) is 9.72. The Bertz CT molecular complexity index is 476. The van der Waals surface area contributed by atoms with Gasteiger partial charge in [0.2, 0.25) is 11.8 Å². The number of ketones is 1. The lowest BCUT2D eigenvalue weighted by molar-refractivity contribution is -0.128. The number of carbonyl (C=O) groups is 3. The van der Waals surface area contributed by atoms with Crippen molar-refractivity contribution in [2.24, 2.45) is 0 Å². The van der Waals surface area contributed by atoms with Gasteiger partial charge in [-0.1, -0.05) is 32.6 Å². The first-order chi connectivity index (χ1) is 11.9. The standard InChI is InChI=1S/C18H32N2O4S/c1-3-15(21)11-5-4-6-12-16(20-17(22)13-25(2)24)18(23)19-14-9-7-8-10-14/h14,16H,3-13H2,1-2H3,(H,19,23)(H,20,22)/t16-,25?/m0/s1. The van der Waals surface area contributed by atoms with E-state index in [1.165, 1.54) is 6.26 Å². The maximum absolute atomic E-state index is 12.5. The summed E-state index contributed by atoms with van der Waals surface area (Å²) in [7, 11) is -1.23. The molecule has 0 radical (unpaired) electrons. The second-order valence-electron chi connectivity index (χ2n) is 6.82. The molecule has 2 amide bonds. The van der Waals surface area contributed by atoms with Crippen LogP contribution in [0.1, 0.15) is 71.1 Å². The molecule has 1 unspecified atom stereocenters. The van der Waals surface area contributed by atoms with E-state index in [4.69, 9.17) is 0 Å². The molecule has 144 valence electrons. The van der Waals surface area contributed by atoms with Crippen molar-refractivity contribution >= 4 is 28.4 Å². The number of unbranched alkanes of at least 4 members (excludes halogenated alkanes) is 2. The maximum atomic E-state index is 12.5. The van der Waals surface area contributed by atoms with E-state index >= 15 is 0 Å². The lowest BCUT2D eigenvalue weighted by Crippen LogP contribution is -2.50. The van der Waals surface area contributed by atoms with E-state index in [-0.39, 0.29) is 29.4 Å². The van der Waals surface area contributed by atoms with Crippen LogP contribution in [0.2, 0.25) is 0 Å². The lowest BCUT2D eigenvalue weighted by atomic mass is 10.0.